The van der Waals surface area contributed by atoms with Crippen molar-refractivity contribution in [3.8, 4) is 0 Å². The summed E-state index contributed by atoms with van der Waals surface area (Å²) in [7, 11) is 1.74. The molecule has 0 spiro atoms. The van der Waals surface area contributed by atoms with Crippen LogP contribution in [0.5, 0.6) is 0 Å². The molecule has 1 fully saturated rings. The van der Waals surface area contributed by atoms with Crippen molar-refractivity contribution in [1.29, 1.82) is 0 Å². The van der Waals surface area contributed by atoms with Crippen molar-refractivity contribution >= 4 is 17.7 Å². The van der Waals surface area contributed by atoms with E-state index in [1.165, 1.54) is 0 Å². The summed E-state index contributed by atoms with van der Waals surface area (Å²) in [6.07, 6.45) is 3.47. The Morgan fingerprint density at radius 1 is 1.24 bits per heavy atom. The van der Waals surface area contributed by atoms with Gasteiger partial charge in [0.05, 0.1) is 6.54 Å². The lowest BCUT2D eigenvalue weighted by atomic mass is 10.1. The second kappa shape index (κ2) is 10.7. The highest BCUT2D eigenvalue weighted by Gasteiger charge is 2.26. The minimum atomic E-state index is -0.616. The Hall–Kier alpha value is -3.13. The van der Waals surface area contributed by atoms with Gasteiger partial charge in [-0.05, 0) is 63.4 Å². The van der Waals surface area contributed by atoms with Crippen LogP contribution in [0.2, 0.25) is 0 Å². The molecule has 2 heterocycles. The molecule has 2 N–H and O–H groups in total. The van der Waals surface area contributed by atoms with Crippen molar-refractivity contribution in [3.05, 3.63) is 59.4 Å². The van der Waals surface area contributed by atoms with E-state index in [1.54, 1.807) is 41.2 Å². The monoisotopic (exact) mass is 454 g/mol. The van der Waals surface area contributed by atoms with E-state index in [2.05, 4.69) is 4.98 Å². The molecule has 178 valence electrons. The van der Waals surface area contributed by atoms with Crippen LogP contribution in [0.1, 0.15) is 55.2 Å². The van der Waals surface area contributed by atoms with Crippen molar-refractivity contribution in [2.45, 2.75) is 58.4 Å². The molecular formula is C25H34N4O4. The quantitative estimate of drug-likeness (QED) is 0.638. The lowest BCUT2D eigenvalue weighted by molar-refractivity contribution is 0.000840. The molecule has 1 aliphatic heterocycles. The zero-order valence-corrected chi connectivity index (χ0v) is 19.9. The number of rotatable bonds is 7. The number of hydrogen-bond donors (Lipinski definition) is 1. The second-order valence-electron chi connectivity index (χ2n) is 9.27. The van der Waals surface area contributed by atoms with Crippen molar-refractivity contribution in [1.82, 2.24) is 14.8 Å². The molecule has 0 aliphatic carbocycles. The Morgan fingerprint density at radius 3 is 2.64 bits per heavy atom. The van der Waals surface area contributed by atoms with Crippen LogP contribution < -0.4 is 5.73 Å². The number of carbonyl (C=O) groups excluding carboxylic acids is 2. The summed E-state index contributed by atoms with van der Waals surface area (Å²) < 4.78 is 11.2. The molecule has 8 heteroatoms. The predicted molar refractivity (Wildman–Crippen MR) is 127 cm³/mol. The summed E-state index contributed by atoms with van der Waals surface area (Å²) in [6, 6.07) is 10.9. The molecule has 0 radical (unpaired) electrons. The highest BCUT2D eigenvalue weighted by Crippen LogP contribution is 2.22. The molecule has 1 atom stereocenters. The zero-order valence-electron chi connectivity index (χ0n) is 19.9. The van der Waals surface area contributed by atoms with Crippen LogP contribution in [-0.2, 0) is 22.4 Å². The summed E-state index contributed by atoms with van der Waals surface area (Å²) in [6.45, 7) is 6.86. The maximum atomic E-state index is 12.9. The van der Waals surface area contributed by atoms with Gasteiger partial charge in [-0.15, -0.1) is 0 Å². The average molecular weight is 455 g/mol. The number of nitrogens with two attached hydrogens (primary N) is 1. The lowest BCUT2D eigenvalue weighted by Gasteiger charge is -2.28. The van der Waals surface area contributed by atoms with Crippen LogP contribution in [-0.4, -0.2) is 58.8 Å². The minimum Gasteiger partial charge on any atom is -0.444 e. The maximum Gasteiger partial charge on any atom is 0.410 e. The molecule has 1 saturated heterocycles. The first-order chi connectivity index (χ1) is 15.6. The van der Waals surface area contributed by atoms with Gasteiger partial charge in [0, 0.05) is 49.8 Å². The molecule has 0 bridgehead atoms. The topological polar surface area (TPSA) is 98.0 Å². The second-order valence-corrected chi connectivity index (χ2v) is 9.27. The Labute approximate surface area is 195 Å². The van der Waals surface area contributed by atoms with Gasteiger partial charge in [-0.2, -0.15) is 0 Å². The molecule has 1 unspecified atom stereocenters. The molecule has 0 saturated carbocycles. The average Bonchev–Trinajstić information content (AvgIpc) is 3.31. The number of anilines is 1. The Kier molecular flexibility index (Phi) is 7.92. The van der Waals surface area contributed by atoms with E-state index < -0.39 is 11.7 Å². The van der Waals surface area contributed by atoms with Crippen LogP contribution in [0.4, 0.5) is 10.5 Å². The molecule has 2 amide bonds. The number of carbonyl (C=O) groups is 2. The van der Waals surface area contributed by atoms with E-state index in [1.807, 2.05) is 39.0 Å². The number of pyridine rings is 1. The molecule has 3 rings (SSSR count). The van der Waals surface area contributed by atoms with E-state index in [9.17, 15) is 9.59 Å². The van der Waals surface area contributed by atoms with Gasteiger partial charge in [0.15, 0.2) is 0 Å². The van der Waals surface area contributed by atoms with E-state index >= 15 is 0 Å². The Balaban J connectivity index is 1.73. The lowest BCUT2D eigenvalue weighted by Crippen LogP contribution is -2.38. The standard InChI is InChI=1S/C25H34N4O4/c1-25(2,3)33-24(31)29(14-12-20-8-5-6-13-27-20)17-19-11-10-18(16-21(19)26)23(30)28(4)22-9-7-15-32-22/h5-6,8,10-11,13,16,22H,7,9,12,14-15,17,26H2,1-4H3. The van der Waals surface area contributed by atoms with Gasteiger partial charge < -0.3 is 25.0 Å². The molecule has 1 aromatic heterocycles. The highest BCUT2D eigenvalue weighted by atomic mass is 16.6. The van der Waals surface area contributed by atoms with Gasteiger partial charge in [0.25, 0.3) is 5.91 Å². The third-order valence-corrected chi connectivity index (χ3v) is 5.43. The van der Waals surface area contributed by atoms with Crippen molar-refractivity contribution in [3.63, 3.8) is 0 Å². The number of ether oxygens (including phenoxy) is 2. The fourth-order valence-electron chi connectivity index (χ4n) is 3.63. The SMILES string of the molecule is CN(C(=O)c1ccc(CN(CCc2ccccn2)C(=O)OC(C)(C)C)c(N)c1)C1CCCO1. The number of hydrogen-bond acceptors (Lipinski definition) is 6. The van der Waals surface area contributed by atoms with Gasteiger partial charge in [0.1, 0.15) is 11.8 Å². The van der Waals surface area contributed by atoms with Crippen LogP contribution in [0.15, 0.2) is 42.6 Å². The van der Waals surface area contributed by atoms with Gasteiger partial charge in [0.2, 0.25) is 0 Å². The van der Waals surface area contributed by atoms with Gasteiger partial charge >= 0.3 is 6.09 Å². The van der Waals surface area contributed by atoms with Crippen molar-refractivity contribution in [2.24, 2.45) is 0 Å². The first-order valence-corrected chi connectivity index (χ1v) is 11.3. The fourth-order valence-corrected chi connectivity index (χ4v) is 3.63. The molecule has 8 nitrogen and oxygen atoms in total. The van der Waals surface area contributed by atoms with Crippen LogP contribution in [0, 0.1) is 0 Å². The first kappa shape index (κ1) is 24.5. The normalized spacial score (nSPS) is 15.8. The van der Waals surface area contributed by atoms with Crippen molar-refractivity contribution in [2.75, 3.05) is 25.9 Å². The first-order valence-electron chi connectivity index (χ1n) is 11.3. The molecule has 1 aliphatic rings. The van der Waals surface area contributed by atoms with Crippen LogP contribution in [0.25, 0.3) is 0 Å². The number of aromatic nitrogens is 1. The van der Waals surface area contributed by atoms with Gasteiger partial charge in [-0.25, -0.2) is 4.79 Å². The summed E-state index contributed by atoms with van der Waals surface area (Å²) >= 11 is 0. The van der Waals surface area contributed by atoms with Crippen LogP contribution >= 0.6 is 0 Å². The highest BCUT2D eigenvalue weighted by molar-refractivity contribution is 5.95. The third kappa shape index (κ3) is 6.92. The molecular weight excluding hydrogens is 420 g/mol. The predicted octanol–water partition coefficient (Wildman–Crippen LogP) is 3.85. The summed E-state index contributed by atoms with van der Waals surface area (Å²) in [5.41, 5.74) is 8.27. The summed E-state index contributed by atoms with van der Waals surface area (Å²) in [4.78, 5) is 33.3. The summed E-state index contributed by atoms with van der Waals surface area (Å²) in [5.74, 6) is -0.140. The van der Waals surface area contributed by atoms with E-state index in [4.69, 9.17) is 15.2 Å². The Morgan fingerprint density at radius 2 is 2.03 bits per heavy atom. The smallest absolute Gasteiger partial charge is 0.410 e. The van der Waals surface area contributed by atoms with Crippen LogP contribution in [0.3, 0.4) is 0 Å². The molecule has 2 aromatic rings. The maximum absolute atomic E-state index is 12.9. The van der Waals surface area contributed by atoms with Crippen molar-refractivity contribution < 1.29 is 19.1 Å². The molecule has 1 aromatic carbocycles. The van der Waals surface area contributed by atoms with E-state index in [-0.39, 0.29) is 18.7 Å². The number of amides is 2. The number of nitrogens with zero attached hydrogens (tertiary/aromatic N) is 3. The minimum absolute atomic E-state index is 0.140. The number of nitrogen functional groups attached to an aromatic ring is 1. The largest absolute Gasteiger partial charge is 0.444 e. The van der Waals surface area contributed by atoms with Gasteiger partial charge in [-0.1, -0.05) is 12.1 Å². The number of benzene rings is 1. The Bertz CT molecular complexity index is 953. The van der Waals surface area contributed by atoms with E-state index in [0.29, 0.717) is 30.8 Å². The fraction of sp³-hybridized carbons (Fsp3) is 0.480. The molecule has 33 heavy (non-hydrogen) atoms. The summed E-state index contributed by atoms with van der Waals surface area (Å²) in [5, 5.41) is 0. The zero-order chi connectivity index (χ0) is 24.0. The third-order valence-electron chi connectivity index (χ3n) is 5.43. The van der Waals surface area contributed by atoms with E-state index in [0.717, 1.165) is 24.1 Å². The van der Waals surface area contributed by atoms with Gasteiger partial charge in [-0.3, -0.25) is 9.78 Å².